The fourth-order valence-corrected chi connectivity index (χ4v) is 3.54. The highest BCUT2D eigenvalue weighted by atomic mass is 32.2. The molecule has 1 saturated heterocycles. The van der Waals surface area contributed by atoms with Gasteiger partial charge in [0.25, 0.3) is 0 Å². The van der Waals surface area contributed by atoms with Crippen molar-refractivity contribution < 1.29 is 13.2 Å². The maximum absolute atomic E-state index is 11.9. The molecule has 2 unspecified atom stereocenters. The maximum Gasteiger partial charge on any atom is 0.237 e. The Morgan fingerprint density at radius 1 is 1.42 bits per heavy atom. The van der Waals surface area contributed by atoms with Crippen molar-refractivity contribution in [1.82, 2.24) is 15.4 Å². The number of hydrogen-bond donors (Lipinski definition) is 3. The fourth-order valence-electron chi connectivity index (χ4n) is 2.18. The lowest BCUT2D eigenvalue weighted by Gasteiger charge is -2.23. The molecule has 1 fully saturated rings. The van der Waals surface area contributed by atoms with E-state index in [9.17, 15) is 13.2 Å². The molecule has 112 valence electrons. The second-order valence-corrected chi connectivity index (χ2v) is 6.86. The lowest BCUT2D eigenvalue weighted by atomic mass is 10.0. The molecule has 0 radical (unpaired) electrons. The van der Waals surface area contributed by atoms with Crippen LogP contribution < -0.4 is 15.4 Å². The number of hydrogen-bond acceptors (Lipinski definition) is 4. The molecule has 19 heavy (non-hydrogen) atoms. The molecule has 1 aliphatic rings. The molecule has 1 heterocycles. The van der Waals surface area contributed by atoms with E-state index in [1.54, 1.807) is 13.8 Å². The lowest BCUT2D eigenvalue weighted by Crippen LogP contribution is -2.46. The van der Waals surface area contributed by atoms with Crippen molar-refractivity contribution in [3.05, 3.63) is 0 Å². The highest BCUT2D eigenvalue weighted by Crippen LogP contribution is 2.10. The summed E-state index contributed by atoms with van der Waals surface area (Å²) in [4.78, 5) is 11.5. The first kappa shape index (κ1) is 16.4. The summed E-state index contributed by atoms with van der Waals surface area (Å²) in [5.74, 6) is -0.226. The van der Waals surface area contributed by atoms with Gasteiger partial charge in [-0.1, -0.05) is 6.42 Å². The molecule has 1 aliphatic heterocycles. The second-order valence-electron chi connectivity index (χ2n) is 4.99. The van der Waals surface area contributed by atoms with E-state index < -0.39 is 16.1 Å². The summed E-state index contributed by atoms with van der Waals surface area (Å²) in [5, 5.41) is 5.91. The van der Waals surface area contributed by atoms with E-state index in [1.165, 1.54) is 0 Å². The molecule has 2 atom stereocenters. The van der Waals surface area contributed by atoms with Gasteiger partial charge < -0.3 is 10.6 Å². The van der Waals surface area contributed by atoms with Crippen LogP contribution in [-0.2, 0) is 14.8 Å². The van der Waals surface area contributed by atoms with Crippen molar-refractivity contribution in [2.75, 3.05) is 18.8 Å². The molecule has 3 N–H and O–H groups in total. The first-order chi connectivity index (χ1) is 8.94. The third-order valence-electron chi connectivity index (χ3n) is 3.25. The molecule has 0 aliphatic carbocycles. The summed E-state index contributed by atoms with van der Waals surface area (Å²) in [6.45, 7) is 4.82. The molecular formula is C12H25N3O3S. The number of amides is 1. The van der Waals surface area contributed by atoms with Crippen LogP contribution >= 0.6 is 0 Å². The van der Waals surface area contributed by atoms with Gasteiger partial charge >= 0.3 is 0 Å². The number of sulfonamides is 1. The highest BCUT2D eigenvalue weighted by molar-refractivity contribution is 7.89. The Morgan fingerprint density at radius 2 is 2.16 bits per heavy atom. The molecule has 6 nitrogen and oxygen atoms in total. The molecule has 1 rings (SSSR count). The van der Waals surface area contributed by atoms with Gasteiger partial charge in [-0.3, -0.25) is 4.79 Å². The zero-order valence-electron chi connectivity index (χ0n) is 11.7. The SMILES string of the molecule is CCNC(=O)C(C)NS(=O)(=O)CCC1CCCCN1. The molecule has 0 saturated carbocycles. The van der Waals surface area contributed by atoms with Crippen LogP contribution in [0.1, 0.15) is 39.5 Å². The van der Waals surface area contributed by atoms with Crippen molar-refractivity contribution in [1.29, 1.82) is 0 Å². The Balaban J connectivity index is 2.36. The Bertz CT molecular complexity index is 378. The van der Waals surface area contributed by atoms with Gasteiger partial charge in [0.15, 0.2) is 0 Å². The molecule has 1 amide bonds. The van der Waals surface area contributed by atoms with Gasteiger partial charge in [0.1, 0.15) is 0 Å². The number of piperidine rings is 1. The average Bonchev–Trinajstić information content (AvgIpc) is 2.37. The van der Waals surface area contributed by atoms with E-state index in [2.05, 4.69) is 15.4 Å². The molecular weight excluding hydrogens is 266 g/mol. The van der Waals surface area contributed by atoms with Gasteiger partial charge in [0.05, 0.1) is 11.8 Å². The Morgan fingerprint density at radius 3 is 2.74 bits per heavy atom. The fraction of sp³-hybridized carbons (Fsp3) is 0.917. The average molecular weight is 291 g/mol. The molecule has 7 heteroatoms. The monoisotopic (exact) mass is 291 g/mol. The topological polar surface area (TPSA) is 87.3 Å². The third-order valence-corrected chi connectivity index (χ3v) is 4.73. The number of likely N-dealkylation sites (N-methyl/N-ethyl adjacent to an activating group) is 1. The number of carbonyl (C=O) groups is 1. The normalized spacial score (nSPS) is 21.9. The first-order valence-corrected chi connectivity index (χ1v) is 8.61. The van der Waals surface area contributed by atoms with Gasteiger partial charge in [-0.15, -0.1) is 0 Å². The minimum atomic E-state index is -3.39. The highest BCUT2D eigenvalue weighted by Gasteiger charge is 2.21. The summed E-state index contributed by atoms with van der Waals surface area (Å²) < 4.78 is 26.2. The van der Waals surface area contributed by atoms with E-state index in [-0.39, 0.29) is 17.7 Å². The van der Waals surface area contributed by atoms with Crippen LogP contribution in [0.5, 0.6) is 0 Å². The zero-order valence-corrected chi connectivity index (χ0v) is 12.6. The third kappa shape index (κ3) is 6.35. The van der Waals surface area contributed by atoms with Crippen molar-refractivity contribution >= 4 is 15.9 Å². The predicted octanol–water partition coefficient (Wildman–Crippen LogP) is -0.0374. The largest absolute Gasteiger partial charge is 0.355 e. The van der Waals surface area contributed by atoms with Crippen LogP contribution in [0.4, 0.5) is 0 Å². The number of carbonyl (C=O) groups excluding carboxylic acids is 1. The molecule has 0 bridgehead atoms. The van der Waals surface area contributed by atoms with E-state index in [0.29, 0.717) is 13.0 Å². The minimum Gasteiger partial charge on any atom is -0.355 e. The Hall–Kier alpha value is -0.660. The summed E-state index contributed by atoms with van der Waals surface area (Å²) in [7, 11) is -3.39. The summed E-state index contributed by atoms with van der Waals surface area (Å²) >= 11 is 0. The van der Waals surface area contributed by atoms with Gasteiger partial charge in [-0.05, 0) is 39.7 Å². The Kier molecular flexibility index (Phi) is 6.74. The van der Waals surface area contributed by atoms with Crippen LogP contribution in [0.2, 0.25) is 0 Å². The maximum atomic E-state index is 11.9. The standard InChI is InChI=1S/C12H25N3O3S/c1-3-13-12(16)10(2)15-19(17,18)9-7-11-6-4-5-8-14-11/h10-11,14-15H,3-9H2,1-2H3,(H,13,16). The molecule has 0 aromatic rings. The van der Waals surface area contributed by atoms with E-state index in [4.69, 9.17) is 0 Å². The van der Waals surface area contributed by atoms with E-state index >= 15 is 0 Å². The van der Waals surface area contributed by atoms with Crippen LogP contribution in [0.3, 0.4) is 0 Å². The van der Waals surface area contributed by atoms with Gasteiger partial charge in [-0.2, -0.15) is 0 Å². The summed E-state index contributed by atoms with van der Waals surface area (Å²) in [5.41, 5.74) is 0. The number of nitrogens with one attached hydrogen (secondary N) is 3. The van der Waals surface area contributed by atoms with E-state index in [1.807, 2.05) is 0 Å². The van der Waals surface area contributed by atoms with Crippen LogP contribution in [0.25, 0.3) is 0 Å². The molecule has 0 aromatic heterocycles. The smallest absolute Gasteiger partial charge is 0.237 e. The van der Waals surface area contributed by atoms with Gasteiger partial charge in [0.2, 0.25) is 15.9 Å². The Labute approximate surface area is 115 Å². The second kappa shape index (κ2) is 7.81. The van der Waals surface area contributed by atoms with Crippen molar-refractivity contribution in [3.8, 4) is 0 Å². The van der Waals surface area contributed by atoms with Crippen LogP contribution in [0, 0.1) is 0 Å². The summed E-state index contributed by atoms with van der Waals surface area (Å²) in [6, 6.07) is -0.436. The molecule has 0 spiro atoms. The number of rotatable bonds is 7. The first-order valence-electron chi connectivity index (χ1n) is 6.95. The van der Waals surface area contributed by atoms with Crippen molar-refractivity contribution in [3.63, 3.8) is 0 Å². The lowest BCUT2D eigenvalue weighted by molar-refractivity contribution is -0.122. The predicted molar refractivity (Wildman–Crippen MR) is 75.3 cm³/mol. The van der Waals surface area contributed by atoms with Gasteiger partial charge in [-0.25, -0.2) is 13.1 Å². The summed E-state index contributed by atoms with van der Waals surface area (Å²) in [6.07, 6.45) is 3.94. The van der Waals surface area contributed by atoms with Crippen molar-refractivity contribution in [2.24, 2.45) is 0 Å². The minimum absolute atomic E-state index is 0.0639. The quantitative estimate of drug-likeness (QED) is 0.614. The molecule has 0 aromatic carbocycles. The van der Waals surface area contributed by atoms with Crippen LogP contribution in [-0.4, -0.2) is 45.3 Å². The van der Waals surface area contributed by atoms with E-state index in [0.717, 1.165) is 25.8 Å². The van der Waals surface area contributed by atoms with Crippen LogP contribution in [0.15, 0.2) is 0 Å². The van der Waals surface area contributed by atoms with Gasteiger partial charge in [0, 0.05) is 12.6 Å². The van der Waals surface area contributed by atoms with Crippen molar-refractivity contribution in [2.45, 2.75) is 51.6 Å². The zero-order chi connectivity index (χ0) is 14.3.